The summed E-state index contributed by atoms with van der Waals surface area (Å²) in [5, 5.41) is 0. The number of rotatable bonds is 1. The zero-order valence-electron chi connectivity index (χ0n) is 13.0. The molecule has 21 heavy (non-hydrogen) atoms. The van der Waals surface area contributed by atoms with Crippen LogP contribution in [0.3, 0.4) is 0 Å². The molecule has 110 valence electrons. The molecule has 4 rings (SSSR count). The summed E-state index contributed by atoms with van der Waals surface area (Å²) in [6.07, 6.45) is 6.84. The monoisotopic (exact) mass is 280 g/mol. The van der Waals surface area contributed by atoms with Gasteiger partial charge in [-0.05, 0) is 53.9 Å². The minimum Gasteiger partial charge on any atom is -0.347 e. The van der Waals surface area contributed by atoms with E-state index in [0.29, 0.717) is 11.5 Å². The molecule has 2 heteroatoms. The van der Waals surface area contributed by atoms with Crippen LogP contribution in [0.4, 0.5) is 0 Å². The number of aromatic nitrogens is 1. The third kappa shape index (κ3) is 2.13. The maximum atomic E-state index is 6.40. The molecule has 2 N–H and O–H groups in total. The second-order valence-corrected chi connectivity index (χ2v) is 7.61. The van der Waals surface area contributed by atoms with Crippen molar-refractivity contribution < 1.29 is 0 Å². The van der Waals surface area contributed by atoms with Crippen LogP contribution in [0.1, 0.15) is 54.7 Å². The molecule has 0 amide bonds. The van der Waals surface area contributed by atoms with Gasteiger partial charge in [0.2, 0.25) is 0 Å². The fourth-order valence-corrected chi connectivity index (χ4v) is 4.33. The molecule has 0 saturated heterocycles. The number of fused-ring (bicyclic) bond motifs is 2. The van der Waals surface area contributed by atoms with Gasteiger partial charge in [-0.15, -0.1) is 0 Å². The van der Waals surface area contributed by atoms with E-state index in [4.69, 9.17) is 5.73 Å². The lowest BCUT2D eigenvalue weighted by Crippen LogP contribution is -2.31. The van der Waals surface area contributed by atoms with E-state index < -0.39 is 0 Å². The Kier molecular flexibility index (Phi) is 2.80. The maximum Gasteiger partial charge on any atom is 0.0414 e. The van der Waals surface area contributed by atoms with Crippen molar-refractivity contribution in [3.05, 3.63) is 58.9 Å². The Hall–Kier alpha value is -1.54. The summed E-state index contributed by atoms with van der Waals surface area (Å²) < 4.78 is 2.52. The topological polar surface area (TPSA) is 30.9 Å². The van der Waals surface area contributed by atoms with Crippen LogP contribution in [0, 0.1) is 5.41 Å². The van der Waals surface area contributed by atoms with E-state index in [-0.39, 0.29) is 6.04 Å². The standard InChI is InChI=1S/C19H24N2/c1-19(2)11-17(20)16-7-8-21(18(16)12-19)15-9-13-5-3-4-6-14(13)10-15/h3-8,15,17H,9-12,20H2,1-2H3. The highest BCUT2D eigenvalue weighted by Crippen LogP contribution is 2.42. The van der Waals surface area contributed by atoms with Crippen molar-refractivity contribution in [1.82, 2.24) is 4.57 Å². The van der Waals surface area contributed by atoms with E-state index in [0.717, 1.165) is 25.7 Å². The molecular formula is C19H24N2. The molecule has 1 atom stereocenters. The minimum absolute atomic E-state index is 0.203. The van der Waals surface area contributed by atoms with Gasteiger partial charge in [-0.2, -0.15) is 0 Å². The fraction of sp³-hybridized carbons (Fsp3) is 0.474. The lowest BCUT2D eigenvalue weighted by molar-refractivity contribution is 0.272. The highest BCUT2D eigenvalue weighted by Gasteiger charge is 2.34. The molecule has 1 aromatic heterocycles. The first kappa shape index (κ1) is 13.1. The van der Waals surface area contributed by atoms with Crippen molar-refractivity contribution in [2.45, 2.75) is 51.6 Å². The van der Waals surface area contributed by atoms with Crippen LogP contribution in [0.25, 0.3) is 0 Å². The largest absolute Gasteiger partial charge is 0.347 e. The van der Waals surface area contributed by atoms with E-state index in [2.05, 4.69) is 54.9 Å². The average molecular weight is 280 g/mol. The second kappa shape index (κ2) is 4.48. The van der Waals surface area contributed by atoms with Gasteiger partial charge in [0.1, 0.15) is 0 Å². The summed E-state index contributed by atoms with van der Waals surface area (Å²) in [4.78, 5) is 0. The highest BCUT2D eigenvalue weighted by molar-refractivity contribution is 5.36. The molecule has 2 aliphatic rings. The number of nitrogens with zero attached hydrogens (tertiary/aromatic N) is 1. The molecule has 0 radical (unpaired) electrons. The predicted molar refractivity (Wildman–Crippen MR) is 86.3 cm³/mol. The summed E-state index contributed by atoms with van der Waals surface area (Å²) in [6, 6.07) is 11.9. The molecule has 2 nitrogen and oxygen atoms in total. The number of nitrogens with two attached hydrogens (primary N) is 1. The van der Waals surface area contributed by atoms with Gasteiger partial charge in [-0.1, -0.05) is 38.1 Å². The summed E-state index contributed by atoms with van der Waals surface area (Å²) in [5.41, 5.74) is 12.6. The molecule has 1 unspecified atom stereocenters. The molecule has 2 aliphatic carbocycles. The van der Waals surface area contributed by atoms with Gasteiger partial charge >= 0.3 is 0 Å². The lowest BCUT2D eigenvalue weighted by atomic mass is 9.74. The smallest absolute Gasteiger partial charge is 0.0414 e. The normalized spacial score (nSPS) is 23.9. The first-order valence-electron chi connectivity index (χ1n) is 8.05. The predicted octanol–water partition coefficient (Wildman–Crippen LogP) is 3.80. The molecule has 0 spiro atoms. The van der Waals surface area contributed by atoms with Gasteiger partial charge in [0.05, 0.1) is 0 Å². The third-order valence-electron chi connectivity index (χ3n) is 5.30. The highest BCUT2D eigenvalue weighted by atomic mass is 15.0. The third-order valence-corrected chi connectivity index (χ3v) is 5.30. The first-order valence-corrected chi connectivity index (χ1v) is 8.05. The molecule has 0 fully saturated rings. The SMILES string of the molecule is CC1(C)Cc2c(ccn2C2Cc3ccccc3C2)C(N)C1. The Balaban J connectivity index is 1.70. The first-order chi connectivity index (χ1) is 10.0. The van der Waals surface area contributed by atoms with Gasteiger partial charge in [0.15, 0.2) is 0 Å². The molecular weight excluding hydrogens is 256 g/mol. The molecule has 1 aromatic carbocycles. The van der Waals surface area contributed by atoms with Crippen molar-refractivity contribution in [3.63, 3.8) is 0 Å². The molecule has 0 aliphatic heterocycles. The Morgan fingerprint density at radius 2 is 1.76 bits per heavy atom. The van der Waals surface area contributed by atoms with Crippen molar-refractivity contribution in [1.29, 1.82) is 0 Å². The fourth-order valence-electron chi connectivity index (χ4n) is 4.33. The van der Waals surface area contributed by atoms with Crippen molar-refractivity contribution in [2.75, 3.05) is 0 Å². The Morgan fingerprint density at radius 3 is 2.43 bits per heavy atom. The molecule has 2 aromatic rings. The van der Waals surface area contributed by atoms with Gasteiger partial charge in [-0.3, -0.25) is 0 Å². The van der Waals surface area contributed by atoms with Crippen LogP contribution in [0.5, 0.6) is 0 Å². The zero-order chi connectivity index (χ0) is 14.6. The van der Waals surface area contributed by atoms with Crippen LogP contribution in [-0.4, -0.2) is 4.57 Å². The van der Waals surface area contributed by atoms with Crippen LogP contribution in [0.2, 0.25) is 0 Å². The van der Waals surface area contributed by atoms with Gasteiger partial charge in [-0.25, -0.2) is 0 Å². The summed E-state index contributed by atoms with van der Waals surface area (Å²) in [5.74, 6) is 0. The molecule has 0 bridgehead atoms. The van der Waals surface area contributed by atoms with E-state index in [1.807, 2.05) is 0 Å². The van der Waals surface area contributed by atoms with Crippen LogP contribution >= 0.6 is 0 Å². The Bertz CT molecular complexity index is 656. The zero-order valence-corrected chi connectivity index (χ0v) is 13.0. The molecule has 0 saturated carbocycles. The molecule has 1 heterocycles. The van der Waals surface area contributed by atoms with Crippen molar-refractivity contribution in [3.8, 4) is 0 Å². The second-order valence-electron chi connectivity index (χ2n) is 7.61. The summed E-state index contributed by atoms with van der Waals surface area (Å²) in [7, 11) is 0. The van der Waals surface area contributed by atoms with Crippen molar-refractivity contribution in [2.24, 2.45) is 11.1 Å². The number of hydrogen-bond acceptors (Lipinski definition) is 1. The quantitative estimate of drug-likeness (QED) is 0.846. The van der Waals surface area contributed by atoms with Gasteiger partial charge in [0, 0.05) is 24.0 Å². The van der Waals surface area contributed by atoms with Crippen LogP contribution < -0.4 is 5.73 Å². The van der Waals surface area contributed by atoms with Gasteiger partial charge in [0.25, 0.3) is 0 Å². The number of hydrogen-bond donors (Lipinski definition) is 1. The van der Waals surface area contributed by atoms with E-state index in [1.165, 1.54) is 22.4 Å². The van der Waals surface area contributed by atoms with Crippen LogP contribution in [0.15, 0.2) is 36.5 Å². The van der Waals surface area contributed by atoms with Gasteiger partial charge < -0.3 is 10.3 Å². The van der Waals surface area contributed by atoms with E-state index in [9.17, 15) is 0 Å². The maximum absolute atomic E-state index is 6.40. The van der Waals surface area contributed by atoms with Crippen LogP contribution in [-0.2, 0) is 19.3 Å². The summed E-state index contributed by atoms with van der Waals surface area (Å²) >= 11 is 0. The summed E-state index contributed by atoms with van der Waals surface area (Å²) in [6.45, 7) is 4.69. The lowest BCUT2D eigenvalue weighted by Gasteiger charge is -2.35. The number of benzene rings is 1. The minimum atomic E-state index is 0.203. The van der Waals surface area contributed by atoms with E-state index >= 15 is 0 Å². The Morgan fingerprint density at radius 1 is 1.10 bits per heavy atom. The van der Waals surface area contributed by atoms with E-state index in [1.54, 1.807) is 0 Å². The van der Waals surface area contributed by atoms with Crippen molar-refractivity contribution >= 4 is 0 Å². The average Bonchev–Trinajstić information content (AvgIpc) is 2.99. The Labute approximate surface area is 127 Å².